The number of anilines is 3. The van der Waals surface area contributed by atoms with E-state index in [1.165, 1.54) is 6.07 Å². The summed E-state index contributed by atoms with van der Waals surface area (Å²) in [7, 11) is 0. The molecule has 0 bridgehead atoms. The van der Waals surface area contributed by atoms with Gasteiger partial charge in [-0.2, -0.15) is 0 Å². The lowest BCUT2D eigenvalue weighted by atomic mass is 10.1. The SMILES string of the molecule is Cc1c(Nc2ccc(N3CCNCC3)cc2OC(F)(F)F)nc(Cc2c(Cl)cccc2Cl)c2nc[nH]c12. The fourth-order valence-electron chi connectivity index (χ4n) is 4.37. The molecular weight excluding hydrogens is 528 g/mol. The number of nitrogens with zero attached hydrogens (tertiary/aromatic N) is 3. The van der Waals surface area contributed by atoms with E-state index in [-0.39, 0.29) is 17.9 Å². The number of aromatic amines is 1. The second kappa shape index (κ2) is 10.3. The molecule has 0 radical (unpaired) electrons. The molecule has 1 aliphatic rings. The van der Waals surface area contributed by atoms with Crippen molar-refractivity contribution in [3.63, 3.8) is 0 Å². The summed E-state index contributed by atoms with van der Waals surface area (Å²) in [5, 5.41) is 7.25. The van der Waals surface area contributed by atoms with Crippen molar-refractivity contribution >= 4 is 51.4 Å². The Labute approximate surface area is 221 Å². The molecule has 0 atom stereocenters. The number of hydrogen-bond donors (Lipinski definition) is 3. The molecule has 0 spiro atoms. The number of H-pyrrole nitrogens is 1. The van der Waals surface area contributed by atoms with Gasteiger partial charge in [0, 0.05) is 60.0 Å². The van der Waals surface area contributed by atoms with Gasteiger partial charge in [-0.05, 0) is 36.8 Å². The third-order valence-electron chi connectivity index (χ3n) is 6.22. The molecule has 5 rings (SSSR count). The van der Waals surface area contributed by atoms with Crippen LogP contribution in [0.2, 0.25) is 10.0 Å². The lowest BCUT2D eigenvalue weighted by Gasteiger charge is -2.30. The normalized spacial score (nSPS) is 14.3. The van der Waals surface area contributed by atoms with Gasteiger partial charge in [0.2, 0.25) is 0 Å². The minimum absolute atomic E-state index is 0.132. The van der Waals surface area contributed by atoms with Gasteiger partial charge in [-0.25, -0.2) is 9.97 Å². The van der Waals surface area contributed by atoms with Crippen LogP contribution in [0.1, 0.15) is 16.8 Å². The number of imidazole rings is 1. The van der Waals surface area contributed by atoms with Gasteiger partial charge in [0.05, 0.1) is 23.2 Å². The monoisotopic (exact) mass is 550 g/mol. The number of pyridine rings is 1. The number of halogens is 5. The summed E-state index contributed by atoms with van der Waals surface area (Å²) in [6, 6.07) is 9.96. The molecule has 3 heterocycles. The van der Waals surface area contributed by atoms with Gasteiger partial charge in [0.15, 0.2) is 5.75 Å². The van der Waals surface area contributed by atoms with Crippen LogP contribution in [0.25, 0.3) is 11.0 Å². The quantitative estimate of drug-likeness (QED) is 0.264. The zero-order valence-corrected chi connectivity index (χ0v) is 21.2. The number of fused-ring (bicyclic) bond motifs is 1. The molecule has 7 nitrogen and oxygen atoms in total. The van der Waals surface area contributed by atoms with Gasteiger partial charge in [-0.1, -0.05) is 29.3 Å². The van der Waals surface area contributed by atoms with Gasteiger partial charge in [0.25, 0.3) is 0 Å². The zero-order chi connectivity index (χ0) is 26.2. The summed E-state index contributed by atoms with van der Waals surface area (Å²) in [5.74, 6) is 0.0158. The largest absolute Gasteiger partial charge is 0.573 e. The van der Waals surface area contributed by atoms with Crippen LogP contribution >= 0.6 is 23.2 Å². The summed E-state index contributed by atoms with van der Waals surface area (Å²) < 4.78 is 44.4. The van der Waals surface area contributed by atoms with Crippen molar-refractivity contribution in [1.82, 2.24) is 20.3 Å². The standard InChI is InChI=1S/C25H23Cl2F3N6O/c1-14-22-23(33-13-32-22)20(12-16-17(26)3-2-4-18(16)27)35-24(14)34-19-6-5-15(36-9-7-31-8-10-36)11-21(19)37-25(28,29)30/h2-6,11,13,31H,7-10,12H2,1H3,(H,32,33)(H,34,35). The van der Waals surface area contributed by atoms with E-state index in [1.54, 1.807) is 36.7 Å². The van der Waals surface area contributed by atoms with E-state index >= 15 is 0 Å². The summed E-state index contributed by atoms with van der Waals surface area (Å²) in [5.41, 5.74) is 4.03. The second-order valence-electron chi connectivity index (χ2n) is 8.63. The molecule has 1 fully saturated rings. The molecule has 37 heavy (non-hydrogen) atoms. The predicted molar refractivity (Wildman–Crippen MR) is 139 cm³/mol. The molecule has 194 valence electrons. The maximum Gasteiger partial charge on any atom is 0.573 e. The van der Waals surface area contributed by atoms with Crippen LogP contribution in [0, 0.1) is 6.92 Å². The Morgan fingerprint density at radius 1 is 1.11 bits per heavy atom. The predicted octanol–water partition coefficient (Wildman–Crippen LogP) is 6.22. The van der Waals surface area contributed by atoms with E-state index in [9.17, 15) is 13.2 Å². The van der Waals surface area contributed by atoms with Crippen molar-refractivity contribution in [2.24, 2.45) is 0 Å². The molecule has 12 heteroatoms. The molecule has 0 saturated carbocycles. The van der Waals surface area contributed by atoms with E-state index in [1.807, 2.05) is 11.8 Å². The van der Waals surface area contributed by atoms with Gasteiger partial charge < -0.3 is 25.3 Å². The molecule has 1 aliphatic heterocycles. The van der Waals surface area contributed by atoms with Crippen molar-refractivity contribution in [2.45, 2.75) is 19.7 Å². The number of hydrogen-bond acceptors (Lipinski definition) is 6. The Balaban J connectivity index is 1.54. The highest BCUT2D eigenvalue weighted by molar-refractivity contribution is 6.36. The minimum atomic E-state index is -4.86. The molecule has 4 aromatic rings. The van der Waals surface area contributed by atoms with Crippen LogP contribution < -0.4 is 20.3 Å². The molecule has 0 amide bonds. The molecule has 0 unspecified atom stereocenters. The Kier molecular flexibility index (Phi) is 7.06. The van der Waals surface area contributed by atoms with Gasteiger partial charge in [0.1, 0.15) is 11.3 Å². The van der Waals surface area contributed by atoms with Crippen molar-refractivity contribution in [3.8, 4) is 5.75 Å². The summed E-state index contributed by atoms with van der Waals surface area (Å²) in [6.45, 7) is 4.68. The third kappa shape index (κ3) is 5.56. The van der Waals surface area contributed by atoms with Crippen LogP contribution in [0.15, 0.2) is 42.7 Å². The molecular formula is C25H23Cl2F3N6O. The number of benzene rings is 2. The summed E-state index contributed by atoms with van der Waals surface area (Å²) in [6.07, 6.45) is -3.04. The van der Waals surface area contributed by atoms with Crippen LogP contribution in [-0.2, 0) is 6.42 Å². The highest BCUT2D eigenvalue weighted by Crippen LogP contribution is 2.38. The van der Waals surface area contributed by atoms with E-state index in [4.69, 9.17) is 28.2 Å². The number of rotatable bonds is 6. The first-order chi connectivity index (χ1) is 17.7. The van der Waals surface area contributed by atoms with Crippen LogP contribution in [0.5, 0.6) is 5.75 Å². The number of aromatic nitrogens is 3. The van der Waals surface area contributed by atoms with Crippen molar-refractivity contribution in [2.75, 3.05) is 36.4 Å². The van der Waals surface area contributed by atoms with Crippen molar-refractivity contribution < 1.29 is 17.9 Å². The number of alkyl halides is 3. The zero-order valence-electron chi connectivity index (χ0n) is 19.7. The van der Waals surface area contributed by atoms with Gasteiger partial charge in [-0.15, -0.1) is 13.2 Å². The van der Waals surface area contributed by atoms with E-state index < -0.39 is 6.36 Å². The highest BCUT2D eigenvalue weighted by atomic mass is 35.5. The average Bonchev–Trinajstić information content (AvgIpc) is 3.35. The number of ether oxygens (including phenoxy) is 1. The number of aryl methyl sites for hydroxylation is 1. The maximum atomic E-state index is 13.3. The fourth-order valence-corrected chi connectivity index (χ4v) is 4.90. The molecule has 3 N–H and O–H groups in total. The summed E-state index contributed by atoms with van der Waals surface area (Å²) in [4.78, 5) is 14.2. The van der Waals surface area contributed by atoms with E-state index in [2.05, 4.69) is 25.3 Å². The Bertz CT molecular complexity index is 1420. The first-order valence-corrected chi connectivity index (χ1v) is 12.3. The van der Waals surface area contributed by atoms with E-state index in [0.29, 0.717) is 62.5 Å². The first kappa shape index (κ1) is 25.4. The second-order valence-corrected chi connectivity index (χ2v) is 9.44. The minimum Gasteiger partial charge on any atom is -0.403 e. The van der Waals surface area contributed by atoms with Gasteiger partial charge in [-0.3, -0.25) is 0 Å². The van der Waals surface area contributed by atoms with Crippen molar-refractivity contribution in [1.29, 1.82) is 0 Å². The van der Waals surface area contributed by atoms with Crippen LogP contribution in [-0.4, -0.2) is 47.5 Å². The molecule has 1 saturated heterocycles. The highest BCUT2D eigenvalue weighted by Gasteiger charge is 2.33. The molecule has 0 aliphatic carbocycles. The number of nitrogens with one attached hydrogen (secondary N) is 3. The smallest absolute Gasteiger partial charge is 0.403 e. The Hall–Kier alpha value is -3.21. The van der Waals surface area contributed by atoms with Crippen LogP contribution in [0.3, 0.4) is 0 Å². The van der Waals surface area contributed by atoms with Crippen LogP contribution in [0.4, 0.5) is 30.4 Å². The Morgan fingerprint density at radius 2 is 1.84 bits per heavy atom. The van der Waals surface area contributed by atoms with E-state index in [0.717, 1.165) is 13.1 Å². The number of piperazine rings is 1. The lowest BCUT2D eigenvalue weighted by molar-refractivity contribution is -0.274. The van der Waals surface area contributed by atoms with Crippen molar-refractivity contribution in [3.05, 3.63) is 69.6 Å². The van der Waals surface area contributed by atoms with Gasteiger partial charge >= 0.3 is 6.36 Å². The third-order valence-corrected chi connectivity index (χ3v) is 6.93. The first-order valence-electron chi connectivity index (χ1n) is 11.6. The lowest BCUT2D eigenvalue weighted by Crippen LogP contribution is -2.43. The average molecular weight is 551 g/mol. The topological polar surface area (TPSA) is 78.1 Å². The summed E-state index contributed by atoms with van der Waals surface area (Å²) >= 11 is 12.8. The molecule has 2 aromatic carbocycles. The molecule has 2 aromatic heterocycles. The maximum absolute atomic E-state index is 13.3. The fraction of sp³-hybridized carbons (Fsp3) is 0.280. The Morgan fingerprint density at radius 3 is 2.54 bits per heavy atom.